The molecular formula is C9H10N4O2. The van der Waals surface area contributed by atoms with Gasteiger partial charge in [-0.15, -0.1) is 0 Å². The summed E-state index contributed by atoms with van der Waals surface area (Å²) in [5.74, 6) is -1.02. The molecule has 78 valence electrons. The predicted molar refractivity (Wildman–Crippen MR) is 52.3 cm³/mol. The molecule has 3 N–H and O–H groups in total. The minimum atomic E-state index is -1.02. The van der Waals surface area contributed by atoms with E-state index < -0.39 is 12.0 Å². The number of hydrogen-bond donors (Lipinski definition) is 2. The zero-order valence-corrected chi connectivity index (χ0v) is 7.87. The fraction of sp³-hybridized carbons (Fsp3) is 0.222. The van der Waals surface area contributed by atoms with Crippen LogP contribution in [0.1, 0.15) is 5.69 Å². The minimum Gasteiger partial charge on any atom is -0.480 e. The van der Waals surface area contributed by atoms with Crippen LogP contribution in [0.25, 0.3) is 5.65 Å². The average molecular weight is 206 g/mol. The van der Waals surface area contributed by atoms with Gasteiger partial charge in [0.05, 0.1) is 0 Å². The zero-order chi connectivity index (χ0) is 10.8. The third-order valence-electron chi connectivity index (χ3n) is 2.13. The van der Waals surface area contributed by atoms with E-state index in [1.54, 1.807) is 22.7 Å². The average Bonchev–Trinajstić information content (AvgIpc) is 2.66. The summed E-state index contributed by atoms with van der Waals surface area (Å²) in [6.07, 6.45) is 1.65. The van der Waals surface area contributed by atoms with E-state index in [1.165, 1.54) is 6.33 Å². The van der Waals surface area contributed by atoms with E-state index in [0.717, 1.165) is 5.69 Å². The molecule has 0 fully saturated rings. The van der Waals surface area contributed by atoms with Crippen LogP contribution in [0.4, 0.5) is 0 Å². The Morgan fingerprint density at radius 3 is 3.13 bits per heavy atom. The van der Waals surface area contributed by atoms with Gasteiger partial charge in [0.25, 0.3) is 0 Å². The molecule has 0 aromatic carbocycles. The Labute approximate surface area is 85.3 Å². The highest BCUT2D eigenvalue weighted by molar-refractivity contribution is 5.73. The molecule has 6 nitrogen and oxygen atoms in total. The molecule has 2 rings (SSSR count). The van der Waals surface area contributed by atoms with Gasteiger partial charge in [0.2, 0.25) is 0 Å². The van der Waals surface area contributed by atoms with Crippen LogP contribution in [0.3, 0.4) is 0 Å². The maximum Gasteiger partial charge on any atom is 0.320 e. The molecule has 0 aliphatic heterocycles. The number of aromatic nitrogens is 3. The van der Waals surface area contributed by atoms with Gasteiger partial charge in [0, 0.05) is 12.1 Å². The predicted octanol–water partition coefficient (Wildman–Crippen LogP) is -0.316. The summed E-state index contributed by atoms with van der Waals surface area (Å²) in [6, 6.07) is 4.46. The molecule has 15 heavy (non-hydrogen) atoms. The summed E-state index contributed by atoms with van der Waals surface area (Å²) >= 11 is 0. The highest BCUT2D eigenvalue weighted by atomic mass is 16.4. The Morgan fingerprint density at radius 1 is 1.60 bits per heavy atom. The van der Waals surface area contributed by atoms with E-state index in [-0.39, 0.29) is 6.42 Å². The summed E-state index contributed by atoms with van der Waals surface area (Å²) in [6.45, 7) is 0. The number of pyridine rings is 1. The van der Waals surface area contributed by atoms with Crippen molar-refractivity contribution in [3.63, 3.8) is 0 Å². The number of nitrogens with zero attached hydrogens (tertiary/aromatic N) is 3. The van der Waals surface area contributed by atoms with Gasteiger partial charge in [-0.25, -0.2) is 9.50 Å². The minimum absolute atomic E-state index is 0.232. The number of aliphatic carboxylic acids is 1. The molecule has 0 amide bonds. The first kappa shape index (κ1) is 9.60. The standard InChI is InChI=1S/C9H10N4O2/c10-7(9(14)15)4-6-2-1-3-8-11-5-12-13(6)8/h1-3,5,7H,4,10H2,(H,14,15). The first-order chi connectivity index (χ1) is 7.18. The maximum absolute atomic E-state index is 10.6. The first-order valence-corrected chi connectivity index (χ1v) is 4.44. The third kappa shape index (κ3) is 1.79. The van der Waals surface area contributed by atoms with Gasteiger partial charge in [-0.1, -0.05) is 6.07 Å². The molecule has 0 bridgehead atoms. The number of hydrogen-bond acceptors (Lipinski definition) is 4. The normalized spacial score (nSPS) is 12.9. The van der Waals surface area contributed by atoms with Gasteiger partial charge < -0.3 is 10.8 Å². The van der Waals surface area contributed by atoms with E-state index >= 15 is 0 Å². The summed E-state index contributed by atoms with van der Waals surface area (Å²) in [5.41, 5.74) is 6.87. The lowest BCUT2D eigenvalue weighted by Gasteiger charge is -2.07. The molecule has 1 atom stereocenters. The van der Waals surface area contributed by atoms with E-state index in [2.05, 4.69) is 10.1 Å². The monoisotopic (exact) mass is 206 g/mol. The van der Waals surface area contributed by atoms with Crippen molar-refractivity contribution >= 4 is 11.6 Å². The quantitative estimate of drug-likeness (QED) is 0.718. The van der Waals surface area contributed by atoms with Crippen LogP contribution >= 0.6 is 0 Å². The highest BCUT2D eigenvalue weighted by Crippen LogP contribution is 2.05. The van der Waals surface area contributed by atoms with Gasteiger partial charge >= 0.3 is 5.97 Å². The van der Waals surface area contributed by atoms with Crippen molar-refractivity contribution in [2.24, 2.45) is 5.73 Å². The molecule has 2 heterocycles. The Bertz CT molecular complexity index is 494. The van der Waals surface area contributed by atoms with Crippen LogP contribution in [-0.2, 0) is 11.2 Å². The van der Waals surface area contributed by atoms with Gasteiger partial charge in [0.1, 0.15) is 12.4 Å². The second-order valence-electron chi connectivity index (χ2n) is 3.20. The topological polar surface area (TPSA) is 93.5 Å². The zero-order valence-electron chi connectivity index (χ0n) is 7.87. The summed E-state index contributed by atoms with van der Waals surface area (Å²) in [7, 11) is 0. The molecule has 0 saturated heterocycles. The van der Waals surface area contributed by atoms with Crippen molar-refractivity contribution in [2.75, 3.05) is 0 Å². The molecule has 0 aliphatic rings. The largest absolute Gasteiger partial charge is 0.480 e. The first-order valence-electron chi connectivity index (χ1n) is 4.44. The lowest BCUT2D eigenvalue weighted by Crippen LogP contribution is -2.32. The van der Waals surface area contributed by atoms with Crippen molar-refractivity contribution in [1.29, 1.82) is 0 Å². The molecule has 2 aromatic heterocycles. The van der Waals surface area contributed by atoms with Crippen molar-refractivity contribution in [1.82, 2.24) is 14.6 Å². The lowest BCUT2D eigenvalue weighted by molar-refractivity contribution is -0.138. The number of fused-ring (bicyclic) bond motifs is 1. The molecule has 6 heteroatoms. The molecular weight excluding hydrogens is 196 g/mol. The number of nitrogens with two attached hydrogens (primary N) is 1. The van der Waals surface area contributed by atoms with E-state index in [4.69, 9.17) is 10.8 Å². The number of carboxylic acid groups (broad SMARTS) is 1. The van der Waals surface area contributed by atoms with Crippen LogP contribution < -0.4 is 5.73 Å². The Balaban J connectivity index is 2.35. The molecule has 0 aliphatic carbocycles. The van der Waals surface area contributed by atoms with Crippen molar-refractivity contribution in [3.05, 3.63) is 30.2 Å². The van der Waals surface area contributed by atoms with E-state index in [0.29, 0.717) is 5.65 Å². The number of carboxylic acids is 1. The number of carbonyl (C=O) groups is 1. The summed E-state index contributed by atoms with van der Waals surface area (Å²) < 4.78 is 1.59. The van der Waals surface area contributed by atoms with E-state index in [9.17, 15) is 4.79 Å². The van der Waals surface area contributed by atoms with Crippen LogP contribution in [0, 0.1) is 0 Å². The molecule has 0 spiro atoms. The lowest BCUT2D eigenvalue weighted by atomic mass is 10.1. The SMILES string of the molecule is NC(Cc1cccc2ncnn12)C(=O)O. The van der Waals surface area contributed by atoms with Gasteiger partial charge in [-0.2, -0.15) is 5.10 Å². The molecule has 0 saturated carbocycles. The smallest absolute Gasteiger partial charge is 0.320 e. The fourth-order valence-electron chi connectivity index (χ4n) is 1.37. The Morgan fingerprint density at radius 2 is 2.40 bits per heavy atom. The second-order valence-corrected chi connectivity index (χ2v) is 3.20. The van der Waals surface area contributed by atoms with Crippen LogP contribution in [0.2, 0.25) is 0 Å². The van der Waals surface area contributed by atoms with Crippen molar-refractivity contribution in [3.8, 4) is 0 Å². The molecule has 0 radical (unpaired) electrons. The highest BCUT2D eigenvalue weighted by Gasteiger charge is 2.14. The van der Waals surface area contributed by atoms with Gasteiger partial charge in [-0.05, 0) is 12.1 Å². The third-order valence-corrected chi connectivity index (χ3v) is 2.13. The van der Waals surface area contributed by atoms with Gasteiger partial charge in [-0.3, -0.25) is 4.79 Å². The second kappa shape index (κ2) is 3.66. The molecule has 1 unspecified atom stereocenters. The van der Waals surface area contributed by atoms with Gasteiger partial charge in [0.15, 0.2) is 5.65 Å². The van der Waals surface area contributed by atoms with Crippen LogP contribution in [0.15, 0.2) is 24.5 Å². The summed E-state index contributed by atoms with van der Waals surface area (Å²) in [4.78, 5) is 14.6. The Kier molecular flexibility index (Phi) is 2.34. The van der Waals surface area contributed by atoms with Crippen LogP contribution in [0.5, 0.6) is 0 Å². The maximum atomic E-state index is 10.6. The van der Waals surface area contributed by atoms with Crippen molar-refractivity contribution in [2.45, 2.75) is 12.5 Å². The van der Waals surface area contributed by atoms with E-state index in [1.807, 2.05) is 0 Å². The number of rotatable bonds is 3. The Hall–Kier alpha value is -1.95. The molecule has 2 aromatic rings. The van der Waals surface area contributed by atoms with Crippen molar-refractivity contribution < 1.29 is 9.90 Å². The fourth-order valence-corrected chi connectivity index (χ4v) is 1.37. The summed E-state index contributed by atoms with van der Waals surface area (Å²) in [5, 5.41) is 12.7. The van der Waals surface area contributed by atoms with Crippen LogP contribution in [-0.4, -0.2) is 31.7 Å².